The highest BCUT2D eigenvalue weighted by Crippen LogP contribution is 2.47. The highest BCUT2D eigenvalue weighted by atomic mass is 16.5. The second-order valence-electron chi connectivity index (χ2n) is 9.37. The number of hydrogen-bond donors (Lipinski definition) is 2. The fraction of sp³-hybridized carbons (Fsp3) is 0.708. The van der Waals surface area contributed by atoms with Crippen molar-refractivity contribution in [2.24, 2.45) is 17.1 Å². The predicted octanol–water partition coefficient (Wildman–Crippen LogP) is 3.31. The number of hydrogen-bond acceptors (Lipinski definition) is 5. The lowest BCUT2D eigenvalue weighted by molar-refractivity contribution is -0.132. The van der Waals surface area contributed by atoms with Gasteiger partial charge in [0.2, 0.25) is 5.91 Å². The SMILES string of the molecule is CCCC[C@@H](N)C(=O)N1C[C@@H](c2ccc(OC)c(OCC3CC3)c2)[C@](C)([C@@H](C)O)C1. The van der Waals surface area contributed by atoms with Crippen LogP contribution in [0.2, 0.25) is 0 Å². The molecule has 2 aliphatic rings. The van der Waals surface area contributed by atoms with Crippen LogP contribution in [-0.4, -0.2) is 54.9 Å². The summed E-state index contributed by atoms with van der Waals surface area (Å²) in [6.45, 7) is 7.72. The molecule has 1 amide bonds. The molecule has 168 valence electrons. The van der Waals surface area contributed by atoms with Gasteiger partial charge in [0, 0.05) is 24.4 Å². The van der Waals surface area contributed by atoms with E-state index in [9.17, 15) is 9.90 Å². The van der Waals surface area contributed by atoms with Gasteiger partial charge in [-0.1, -0.05) is 32.8 Å². The van der Waals surface area contributed by atoms with Crippen molar-refractivity contribution in [1.82, 2.24) is 4.90 Å². The van der Waals surface area contributed by atoms with Gasteiger partial charge >= 0.3 is 0 Å². The van der Waals surface area contributed by atoms with Crippen molar-refractivity contribution in [2.45, 2.75) is 70.9 Å². The van der Waals surface area contributed by atoms with Gasteiger partial charge in [0.15, 0.2) is 11.5 Å². The van der Waals surface area contributed by atoms with Crippen LogP contribution in [-0.2, 0) is 4.79 Å². The molecule has 6 nitrogen and oxygen atoms in total. The van der Waals surface area contributed by atoms with Crippen LogP contribution >= 0.6 is 0 Å². The maximum Gasteiger partial charge on any atom is 0.239 e. The molecule has 3 rings (SSSR count). The van der Waals surface area contributed by atoms with E-state index in [1.807, 2.05) is 30.0 Å². The van der Waals surface area contributed by atoms with E-state index in [4.69, 9.17) is 15.2 Å². The molecule has 1 saturated carbocycles. The zero-order chi connectivity index (χ0) is 21.9. The number of ether oxygens (including phenoxy) is 2. The summed E-state index contributed by atoms with van der Waals surface area (Å²) in [5.74, 6) is 2.07. The summed E-state index contributed by atoms with van der Waals surface area (Å²) in [6.07, 6.45) is 4.54. The number of carbonyl (C=O) groups is 1. The van der Waals surface area contributed by atoms with E-state index in [-0.39, 0.29) is 11.8 Å². The van der Waals surface area contributed by atoms with Crippen molar-refractivity contribution in [1.29, 1.82) is 0 Å². The lowest BCUT2D eigenvalue weighted by Crippen LogP contribution is -2.44. The predicted molar refractivity (Wildman–Crippen MR) is 118 cm³/mol. The Morgan fingerprint density at radius 1 is 1.37 bits per heavy atom. The Labute approximate surface area is 180 Å². The van der Waals surface area contributed by atoms with E-state index in [0.29, 0.717) is 37.8 Å². The molecule has 30 heavy (non-hydrogen) atoms. The minimum atomic E-state index is -0.565. The first kappa shape index (κ1) is 22.9. The van der Waals surface area contributed by atoms with Crippen LogP contribution in [0.1, 0.15) is 64.4 Å². The molecule has 6 heteroatoms. The summed E-state index contributed by atoms with van der Waals surface area (Å²) in [4.78, 5) is 14.8. The lowest BCUT2D eigenvalue weighted by atomic mass is 9.72. The molecule has 1 saturated heterocycles. The van der Waals surface area contributed by atoms with Gasteiger partial charge in [0.25, 0.3) is 0 Å². The summed E-state index contributed by atoms with van der Waals surface area (Å²) in [7, 11) is 1.65. The highest BCUT2D eigenvalue weighted by molar-refractivity contribution is 5.82. The number of aliphatic hydroxyl groups excluding tert-OH is 1. The average molecular weight is 419 g/mol. The van der Waals surface area contributed by atoms with E-state index in [2.05, 4.69) is 13.8 Å². The minimum absolute atomic E-state index is 0.00555. The highest BCUT2D eigenvalue weighted by Gasteiger charge is 2.49. The smallest absolute Gasteiger partial charge is 0.239 e. The molecule has 4 atom stereocenters. The maximum atomic E-state index is 13.0. The molecule has 2 fully saturated rings. The zero-order valence-corrected chi connectivity index (χ0v) is 18.9. The number of rotatable bonds is 10. The molecule has 1 aromatic carbocycles. The fourth-order valence-electron chi connectivity index (χ4n) is 4.39. The molecular formula is C24H38N2O4. The number of amides is 1. The van der Waals surface area contributed by atoms with Gasteiger partial charge in [0.1, 0.15) is 0 Å². The first-order valence-electron chi connectivity index (χ1n) is 11.3. The first-order valence-corrected chi connectivity index (χ1v) is 11.3. The number of benzene rings is 1. The summed E-state index contributed by atoms with van der Waals surface area (Å²) in [6, 6.07) is 5.50. The summed E-state index contributed by atoms with van der Waals surface area (Å²) >= 11 is 0. The van der Waals surface area contributed by atoms with E-state index in [1.54, 1.807) is 7.11 Å². The average Bonchev–Trinajstić information content (AvgIpc) is 3.50. The molecule has 1 heterocycles. The Bertz CT molecular complexity index is 734. The number of nitrogens with zero attached hydrogens (tertiary/aromatic N) is 1. The standard InChI is InChI=1S/C24H38N2O4/c1-5-6-7-20(25)23(28)26-13-19(24(3,15-26)16(2)27)18-10-11-21(29-4)22(12-18)30-14-17-8-9-17/h10-12,16-17,19-20,27H,5-9,13-15,25H2,1-4H3/t16-,19+,20-,24+/m1/s1. The minimum Gasteiger partial charge on any atom is -0.493 e. The van der Waals surface area contributed by atoms with Crippen LogP contribution in [0, 0.1) is 11.3 Å². The summed E-state index contributed by atoms with van der Waals surface area (Å²) in [5, 5.41) is 10.7. The number of carbonyl (C=O) groups excluding carboxylic acids is 1. The second kappa shape index (κ2) is 9.56. The van der Waals surface area contributed by atoms with Gasteiger partial charge in [0.05, 0.1) is 25.9 Å². The van der Waals surface area contributed by atoms with E-state index >= 15 is 0 Å². The number of nitrogens with two attached hydrogens (primary N) is 1. The van der Waals surface area contributed by atoms with Gasteiger partial charge in [-0.2, -0.15) is 0 Å². The first-order chi connectivity index (χ1) is 14.3. The van der Waals surface area contributed by atoms with Crippen molar-refractivity contribution in [2.75, 3.05) is 26.8 Å². The normalized spacial score (nSPS) is 25.8. The third-order valence-electron chi connectivity index (χ3n) is 6.94. The third kappa shape index (κ3) is 4.92. The van der Waals surface area contributed by atoms with E-state index < -0.39 is 17.6 Å². The molecule has 0 radical (unpaired) electrons. The number of likely N-dealkylation sites (tertiary alicyclic amines) is 1. The van der Waals surface area contributed by atoms with Crippen molar-refractivity contribution in [3.05, 3.63) is 23.8 Å². The second-order valence-corrected chi connectivity index (χ2v) is 9.37. The van der Waals surface area contributed by atoms with Crippen LogP contribution in [0.15, 0.2) is 18.2 Å². The van der Waals surface area contributed by atoms with Crippen LogP contribution in [0.3, 0.4) is 0 Å². The summed E-state index contributed by atoms with van der Waals surface area (Å²) in [5.41, 5.74) is 6.78. The van der Waals surface area contributed by atoms with Gasteiger partial charge in [-0.25, -0.2) is 0 Å². The Balaban J connectivity index is 1.83. The van der Waals surface area contributed by atoms with Crippen LogP contribution < -0.4 is 15.2 Å². The number of aliphatic hydroxyl groups is 1. The Morgan fingerprint density at radius 2 is 2.10 bits per heavy atom. The van der Waals surface area contributed by atoms with E-state index in [0.717, 1.165) is 24.2 Å². The van der Waals surface area contributed by atoms with E-state index in [1.165, 1.54) is 12.8 Å². The number of methoxy groups -OCH3 is 1. The van der Waals surface area contributed by atoms with Crippen LogP contribution in [0.5, 0.6) is 11.5 Å². The van der Waals surface area contributed by atoms with Gasteiger partial charge < -0.3 is 25.2 Å². The lowest BCUT2D eigenvalue weighted by Gasteiger charge is -2.34. The van der Waals surface area contributed by atoms with Crippen molar-refractivity contribution in [3.63, 3.8) is 0 Å². The Hall–Kier alpha value is -1.79. The molecule has 3 N–H and O–H groups in total. The van der Waals surface area contributed by atoms with Crippen molar-refractivity contribution in [3.8, 4) is 11.5 Å². The summed E-state index contributed by atoms with van der Waals surface area (Å²) < 4.78 is 11.5. The molecule has 1 aliphatic carbocycles. The quantitative estimate of drug-likeness (QED) is 0.609. The van der Waals surface area contributed by atoms with Crippen LogP contribution in [0.25, 0.3) is 0 Å². The Morgan fingerprint density at radius 3 is 2.70 bits per heavy atom. The topological polar surface area (TPSA) is 85.0 Å². The molecule has 0 bridgehead atoms. The van der Waals surface area contributed by atoms with Gasteiger partial charge in [-0.15, -0.1) is 0 Å². The number of unbranched alkanes of at least 4 members (excludes halogenated alkanes) is 1. The Kier molecular flexibility index (Phi) is 7.30. The monoisotopic (exact) mass is 418 g/mol. The molecule has 0 unspecified atom stereocenters. The zero-order valence-electron chi connectivity index (χ0n) is 18.9. The molecule has 0 spiro atoms. The molecule has 1 aromatic rings. The fourth-order valence-corrected chi connectivity index (χ4v) is 4.39. The molecule has 0 aromatic heterocycles. The van der Waals surface area contributed by atoms with Crippen molar-refractivity contribution >= 4 is 5.91 Å². The van der Waals surface area contributed by atoms with Crippen molar-refractivity contribution < 1.29 is 19.4 Å². The molecule has 1 aliphatic heterocycles. The van der Waals surface area contributed by atoms with Crippen LogP contribution in [0.4, 0.5) is 0 Å². The van der Waals surface area contributed by atoms with Gasteiger partial charge in [-0.05, 0) is 49.8 Å². The molecular weight excluding hydrogens is 380 g/mol. The maximum absolute atomic E-state index is 13.0. The largest absolute Gasteiger partial charge is 0.493 e. The van der Waals surface area contributed by atoms with Gasteiger partial charge in [-0.3, -0.25) is 4.79 Å². The third-order valence-corrected chi connectivity index (χ3v) is 6.94.